The van der Waals surface area contributed by atoms with E-state index in [-0.39, 0.29) is 0 Å². The van der Waals surface area contributed by atoms with Crippen LogP contribution in [0.2, 0.25) is 0 Å². The Balaban J connectivity index is 2.71. The van der Waals surface area contributed by atoms with Crippen LogP contribution in [0.4, 0.5) is 0 Å². The summed E-state index contributed by atoms with van der Waals surface area (Å²) in [4.78, 5) is 0. The summed E-state index contributed by atoms with van der Waals surface area (Å²) in [5.41, 5.74) is 1.12. The molecule has 138 valence electrons. The molecule has 0 aliphatic heterocycles. The molecule has 1 rings (SSSR count). The van der Waals surface area contributed by atoms with Crippen LogP contribution in [0.5, 0.6) is 0 Å². The molecule has 0 bridgehead atoms. The van der Waals surface area contributed by atoms with Gasteiger partial charge in [0.2, 0.25) is 0 Å². The van der Waals surface area contributed by atoms with Crippen LogP contribution in [0, 0.1) is 0 Å². The first-order valence-corrected chi connectivity index (χ1v) is 13.4. The number of unbranched alkanes of at least 4 members (excludes halogenated alkanes) is 3. The van der Waals surface area contributed by atoms with Gasteiger partial charge in [-0.25, -0.2) is 0 Å². The Hall–Kier alpha value is -0.0569. The summed E-state index contributed by atoms with van der Waals surface area (Å²) in [6, 6.07) is 10.2. The van der Waals surface area contributed by atoms with Crippen molar-refractivity contribution in [2.75, 3.05) is 19.8 Å². The van der Waals surface area contributed by atoms with Gasteiger partial charge >= 0.3 is 155 Å². The van der Waals surface area contributed by atoms with Gasteiger partial charge in [-0.05, 0) is 0 Å². The SMILES string of the molecule is CCCC[O][Zr]([O]CCCC)([O]CCCC)[O]Cc1ccccc1. The van der Waals surface area contributed by atoms with Gasteiger partial charge in [0.1, 0.15) is 0 Å². The second-order valence-electron chi connectivity index (χ2n) is 5.88. The second kappa shape index (κ2) is 14.1. The van der Waals surface area contributed by atoms with Crippen molar-refractivity contribution in [1.82, 2.24) is 0 Å². The molecule has 4 nitrogen and oxygen atoms in total. The predicted molar refractivity (Wildman–Crippen MR) is 93.8 cm³/mol. The van der Waals surface area contributed by atoms with Gasteiger partial charge in [-0.15, -0.1) is 0 Å². The normalized spacial score (nSPS) is 11.8. The maximum atomic E-state index is 6.20. The fourth-order valence-electron chi connectivity index (χ4n) is 2.02. The predicted octanol–water partition coefficient (Wildman–Crippen LogP) is 5.47. The van der Waals surface area contributed by atoms with Crippen molar-refractivity contribution in [3.63, 3.8) is 0 Å². The topological polar surface area (TPSA) is 36.9 Å². The quantitative estimate of drug-likeness (QED) is 0.355. The summed E-state index contributed by atoms with van der Waals surface area (Å²) >= 11 is -3.96. The molecule has 24 heavy (non-hydrogen) atoms. The van der Waals surface area contributed by atoms with E-state index >= 15 is 0 Å². The van der Waals surface area contributed by atoms with Gasteiger partial charge in [-0.1, -0.05) is 0 Å². The van der Waals surface area contributed by atoms with Crippen LogP contribution in [-0.2, 0) is 39.9 Å². The van der Waals surface area contributed by atoms with Crippen LogP contribution in [-0.4, -0.2) is 19.8 Å². The van der Waals surface area contributed by atoms with E-state index < -0.39 is 22.0 Å². The van der Waals surface area contributed by atoms with Gasteiger partial charge in [-0.2, -0.15) is 0 Å². The zero-order valence-corrected chi connectivity index (χ0v) is 18.0. The summed E-state index contributed by atoms with van der Waals surface area (Å²) in [5.74, 6) is 0. The molecular weight excluding hydrogens is 383 g/mol. The zero-order chi connectivity index (χ0) is 17.5. The molecular formula is C19H34O4Zr. The fraction of sp³-hybridized carbons (Fsp3) is 0.684. The molecule has 0 aliphatic rings. The van der Waals surface area contributed by atoms with Gasteiger partial charge in [0, 0.05) is 0 Å². The fourth-order valence-corrected chi connectivity index (χ4v) is 7.00. The summed E-state index contributed by atoms with van der Waals surface area (Å²) in [6.45, 7) is 8.91. The van der Waals surface area contributed by atoms with Gasteiger partial charge < -0.3 is 0 Å². The van der Waals surface area contributed by atoms with Crippen molar-refractivity contribution in [2.24, 2.45) is 0 Å². The first kappa shape index (κ1) is 22.0. The Labute approximate surface area is 154 Å². The molecule has 0 radical (unpaired) electrons. The summed E-state index contributed by atoms with van der Waals surface area (Å²) in [5, 5.41) is 0. The van der Waals surface area contributed by atoms with Gasteiger partial charge in [0.15, 0.2) is 0 Å². The number of benzene rings is 1. The van der Waals surface area contributed by atoms with E-state index in [2.05, 4.69) is 32.9 Å². The van der Waals surface area contributed by atoms with Crippen molar-refractivity contribution in [1.29, 1.82) is 0 Å². The third-order valence-electron chi connectivity index (χ3n) is 3.59. The van der Waals surface area contributed by atoms with E-state index in [1.54, 1.807) is 0 Å². The first-order valence-electron chi connectivity index (χ1n) is 9.36. The maximum absolute atomic E-state index is 6.20. The zero-order valence-electron chi connectivity index (χ0n) is 15.6. The monoisotopic (exact) mass is 416 g/mol. The van der Waals surface area contributed by atoms with Crippen molar-refractivity contribution < 1.29 is 33.3 Å². The van der Waals surface area contributed by atoms with Crippen LogP contribution in [0.25, 0.3) is 0 Å². The molecule has 0 saturated heterocycles. The van der Waals surface area contributed by atoms with Crippen LogP contribution in [0.15, 0.2) is 30.3 Å². The van der Waals surface area contributed by atoms with E-state index in [1.807, 2.05) is 18.2 Å². The Morgan fingerprint density at radius 3 is 1.54 bits per heavy atom. The second-order valence-corrected chi connectivity index (χ2v) is 11.2. The minimum atomic E-state index is -3.96. The number of hydrogen-bond acceptors (Lipinski definition) is 4. The average Bonchev–Trinajstić information content (AvgIpc) is 2.61. The van der Waals surface area contributed by atoms with Crippen LogP contribution in [0.1, 0.15) is 64.9 Å². The molecule has 0 N–H and O–H groups in total. The van der Waals surface area contributed by atoms with E-state index in [4.69, 9.17) is 11.3 Å². The van der Waals surface area contributed by atoms with E-state index in [1.165, 1.54) is 0 Å². The molecule has 0 unspecified atom stereocenters. The van der Waals surface area contributed by atoms with E-state index in [0.29, 0.717) is 26.4 Å². The molecule has 0 amide bonds. The van der Waals surface area contributed by atoms with Crippen LogP contribution in [0.3, 0.4) is 0 Å². The van der Waals surface area contributed by atoms with Crippen molar-refractivity contribution >= 4 is 0 Å². The molecule has 0 heterocycles. The van der Waals surface area contributed by atoms with Gasteiger partial charge in [0.05, 0.1) is 0 Å². The summed E-state index contributed by atoms with van der Waals surface area (Å²) in [7, 11) is 0. The third-order valence-corrected chi connectivity index (χ3v) is 8.92. The average molecular weight is 418 g/mol. The first-order chi connectivity index (χ1) is 11.8. The molecule has 5 heteroatoms. The third kappa shape index (κ3) is 9.43. The summed E-state index contributed by atoms with van der Waals surface area (Å²) in [6.07, 6.45) is 6.27. The summed E-state index contributed by atoms with van der Waals surface area (Å²) < 4.78 is 24.6. The minimum absolute atomic E-state index is 0.487. The van der Waals surface area contributed by atoms with E-state index in [9.17, 15) is 0 Å². The molecule has 0 spiro atoms. The molecule has 1 aromatic rings. The standard InChI is InChI=1S/C7H7O.3C4H9O.Zr/c8-6-7-4-2-1-3-5-7;3*1-2-3-4-5;/h1-5H,6H2;3*2-4H2,1H3;/q4*-1;+4. The molecule has 0 aliphatic carbocycles. The molecule has 1 aromatic carbocycles. The van der Waals surface area contributed by atoms with Crippen molar-refractivity contribution in [2.45, 2.75) is 65.9 Å². The van der Waals surface area contributed by atoms with Crippen LogP contribution < -0.4 is 0 Å². The number of hydrogen-bond donors (Lipinski definition) is 0. The van der Waals surface area contributed by atoms with Crippen LogP contribution >= 0.6 is 0 Å². The Kier molecular flexibility index (Phi) is 13.0. The molecule has 0 fully saturated rings. The Morgan fingerprint density at radius 2 is 1.12 bits per heavy atom. The molecule has 0 aromatic heterocycles. The van der Waals surface area contributed by atoms with Crippen molar-refractivity contribution in [3.8, 4) is 0 Å². The molecule has 0 saturated carbocycles. The van der Waals surface area contributed by atoms with Crippen molar-refractivity contribution in [3.05, 3.63) is 35.9 Å². The van der Waals surface area contributed by atoms with Gasteiger partial charge in [0.25, 0.3) is 0 Å². The van der Waals surface area contributed by atoms with E-state index in [0.717, 1.165) is 44.1 Å². The Bertz CT molecular complexity index is 373. The Morgan fingerprint density at radius 1 is 0.667 bits per heavy atom. The molecule has 0 atom stereocenters. The number of rotatable bonds is 15. The van der Waals surface area contributed by atoms with Gasteiger partial charge in [-0.3, -0.25) is 0 Å².